The number of nitrogens with one attached hydrogen (secondary N) is 1. The second-order valence-corrected chi connectivity index (χ2v) is 8.72. The lowest BCUT2D eigenvalue weighted by atomic mass is 9.80. The Hall–Kier alpha value is -3.35. The lowest BCUT2D eigenvalue weighted by Gasteiger charge is -2.40. The molecule has 6 heteroatoms. The molecule has 0 aromatic heterocycles. The van der Waals surface area contributed by atoms with Crippen molar-refractivity contribution >= 4 is 5.69 Å². The summed E-state index contributed by atoms with van der Waals surface area (Å²) in [5, 5.41) is 22.5. The molecule has 2 aromatic carbocycles. The van der Waals surface area contributed by atoms with Gasteiger partial charge in [0.2, 0.25) is 0 Å². The zero-order valence-corrected chi connectivity index (χ0v) is 18.0. The second kappa shape index (κ2) is 9.02. The van der Waals surface area contributed by atoms with Crippen molar-refractivity contribution in [3.8, 4) is 40.7 Å². The predicted molar refractivity (Wildman–Crippen MR) is 122 cm³/mol. The highest BCUT2D eigenvalue weighted by molar-refractivity contribution is 5.79. The van der Waals surface area contributed by atoms with Crippen LogP contribution in [0.5, 0.6) is 11.5 Å². The van der Waals surface area contributed by atoms with E-state index >= 15 is 0 Å². The number of aliphatic hydroxyl groups is 1. The van der Waals surface area contributed by atoms with Gasteiger partial charge in [0.15, 0.2) is 11.5 Å². The summed E-state index contributed by atoms with van der Waals surface area (Å²) < 4.78 is 11.4. The third-order valence-corrected chi connectivity index (χ3v) is 6.72. The molecule has 5 rings (SSSR count). The summed E-state index contributed by atoms with van der Waals surface area (Å²) in [5.41, 5.74) is 3.60. The maximum absolute atomic E-state index is 10.0. The number of hydrogen-bond acceptors (Lipinski definition) is 6. The number of nitriles is 1. The third kappa shape index (κ3) is 4.07. The molecule has 1 aliphatic carbocycles. The van der Waals surface area contributed by atoms with E-state index in [0.717, 1.165) is 67.1 Å². The van der Waals surface area contributed by atoms with Gasteiger partial charge in [-0.3, -0.25) is 0 Å². The Morgan fingerprint density at radius 2 is 1.78 bits per heavy atom. The highest BCUT2D eigenvalue weighted by Crippen LogP contribution is 2.38. The molecule has 32 heavy (non-hydrogen) atoms. The number of rotatable bonds is 4. The highest BCUT2D eigenvalue weighted by atomic mass is 16.6. The Bertz CT molecular complexity index is 1080. The monoisotopic (exact) mass is 429 g/mol. The van der Waals surface area contributed by atoms with Gasteiger partial charge in [-0.05, 0) is 49.4 Å². The second-order valence-electron chi connectivity index (χ2n) is 8.72. The van der Waals surface area contributed by atoms with Gasteiger partial charge >= 0.3 is 0 Å². The minimum absolute atomic E-state index is 0.332. The Morgan fingerprint density at radius 3 is 2.53 bits per heavy atom. The Kier molecular flexibility index (Phi) is 5.79. The first-order valence-electron chi connectivity index (χ1n) is 11.3. The van der Waals surface area contributed by atoms with Crippen molar-refractivity contribution in [1.29, 1.82) is 5.26 Å². The van der Waals surface area contributed by atoms with Crippen molar-refractivity contribution in [2.45, 2.75) is 37.8 Å². The lowest BCUT2D eigenvalue weighted by molar-refractivity contribution is 0.171. The molecule has 3 aliphatic rings. The van der Waals surface area contributed by atoms with Crippen LogP contribution in [0, 0.1) is 29.3 Å². The minimum Gasteiger partial charge on any atom is -0.486 e. The van der Waals surface area contributed by atoms with Crippen LogP contribution in [0.15, 0.2) is 36.4 Å². The molecule has 2 aromatic rings. The molecule has 0 amide bonds. The Morgan fingerprint density at radius 1 is 1.00 bits per heavy atom. The van der Waals surface area contributed by atoms with Crippen LogP contribution in [-0.2, 0) is 0 Å². The third-order valence-electron chi connectivity index (χ3n) is 6.72. The van der Waals surface area contributed by atoms with Gasteiger partial charge in [0, 0.05) is 36.7 Å². The van der Waals surface area contributed by atoms with Crippen molar-refractivity contribution in [2.75, 3.05) is 31.2 Å². The largest absolute Gasteiger partial charge is 0.486 e. The van der Waals surface area contributed by atoms with E-state index in [0.29, 0.717) is 36.8 Å². The number of ether oxygens (including phenoxy) is 2. The smallest absolute Gasteiger partial charge is 0.161 e. The Labute approximate surface area is 188 Å². The van der Waals surface area contributed by atoms with Gasteiger partial charge in [-0.15, -0.1) is 0 Å². The summed E-state index contributed by atoms with van der Waals surface area (Å²) in [5.74, 6) is 4.66. The first-order chi connectivity index (χ1) is 15.7. The van der Waals surface area contributed by atoms with E-state index in [1.54, 1.807) is 0 Å². The quantitative estimate of drug-likeness (QED) is 0.723. The van der Waals surface area contributed by atoms with Crippen molar-refractivity contribution in [3.05, 3.63) is 42.0 Å². The van der Waals surface area contributed by atoms with Gasteiger partial charge in [-0.1, -0.05) is 24.1 Å². The lowest BCUT2D eigenvalue weighted by Crippen LogP contribution is -2.50. The highest BCUT2D eigenvalue weighted by Gasteiger charge is 2.31. The van der Waals surface area contributed by atoms with Gasteiger partial charge < -0.3 is 24.8 Å². The average Bonchev–Trinajstić information content (AvgIpc) is 2.82. The molecule has 6 nitrogen and oxygen atoms in total. The molecule has 1 saturated carbocycles. The maximum Gasteiger partial charge on any atom is 0.161 e. The molecule has 2 fully saturated rings. The molecule has 164 valence electrons. The fraction of sp³-hybridized carbons (Fsp3) is 0.423. The topological polar surface area (TPSA) is 77.8 Å². The van der Waals surface area contributed by atoms with Crippen LogP contribution in [-0.4, -0.2) is 43.5 Å². The summed E-state index contributed by atoms with van der Waals surface area (Å²) in [6.45, 7) is 2.95. The van der Waals surface area contributed by atoms with Gasteiger partial charge in [-0.2, -0.15) is 5.26 Å². The van der Waals surface area contributed by atoms with Crippen LogP contribution >= 0.6 is 0 Å². The van der Waals surface area contributed by atoms with Gasteiger partial charge in [0.1, 0.15) is 25.4 Å². The first kappa shape index (κ1) is 20.5. The summed E-state index contributed by atoms with van der Waals surface area (Å²) in [4.78, 5) is 2.33. The standard InChI is InChI=1S/C26H27N3O3/c27-17-23-22(19-4-5-25-26(16-19)32-13-12-31-25)2-1-3-24(23)29-9-6-20(7-10-29)28-21-14-18(15-21)8-11-30/h1-5,16,18,20-21,28,30H,6-7,9-10,12-15H2. The number of aliphatic hydroxyl groups excluding tert-OH is 1. The zero-order valence-electron chi connectivity index (χ0n) is 18.0. The molecule has 0 radical (unpaired) electrons. The summed E-state index contributed by atoms with van der Waals surface area (Å²) in [6, 6.07) is 15.4. The normalized spacial score (nSPS) is 22.3. The maximum atomic E-state index is 10.0. The number of fused-ring (bicyclic) bond motifs is 1. The molecule has 0 bridgehead atoms. The number of hydrogen-bond donors (Lipinski definition) is 2. The molecule has 2 N–H and O–H groups in total. The van der Waals surface area contributed by atoms with E-state index in [9.17, 15) is 5.26 Å². The SMILES string of the molecule is N#Cc1c(-c2ccc3c(c2)OCCO3)cccc1N1CCC(NC2CC(C#CO)C2)CC1. The number of piperidine rings is 1. The number of benzene rings is 2. The minimum atomic E-state index is 0.332. The molecule has 2 aliphatic heterocycles. The molecular weight excluding hydrogens is 402 g/mol. The van der Waals surface area contributed by atoms with Gasteiger partial charge in [-0.25, -0.2) is 0 Å². The van der Waals surface area contributed by atoms with E-state index in [1.807, 2.05) is 36.4 Å². The van der Waals surface area contributed by atoms with Crippen molar-refractivity contribution in [1.82, 2.24) is 5.32 Å². The van der Waals surface area contributed by atoms with Crippen LogP contribution in [0.2, 0.25) is 0 Å². The Balaban J connectivity index is 1.28. The van der Waals surface area contributed by atoms with Gasteiger partial charge in [0.25, 0.3) is 0 Å². The molecular formula is C26H27N3O3. The van der Waals surface area contributed by atoms with E-state index in [2.05, 4.69) is 28.3 Å². The van der Waals surface area contributed by atoms with Gasteiger partial charge in [0.05, 0.1) is 11.3 Å². The molecule has 0 unspecified atom stereocenters. The number of nitrogens with zero attached hydrogens (tertiary/aromatic N) is 2. The van der Waals surface area contributed by atoms with E-state index in [1.165, 1.54) is 0 Å². The predicted octanol–water partition coefficient (Wildman–Crippen LogP) is 3.67. The fourth-order valence-electron chi connectivity index (χ4n) is 4.96. The van der Waals surface area contributed by atoms with E-state index in [-0.39, 0.29) is 0 Å². The van der Waals surface area contributed by atoms with Crippen molar-refractivity contribution in [2.24, 2.45) is 5.92 Å². The molecule has 0 atom stereocenters. The van der Waals surface area contributed by atoms with Crippen molar-refractivity contribution < 1.29 is 14.6 Å². The fourth-order valence-corrected chi connectivity index (χ4v) is 4.96. The van der Waals surface area contributed by atoms with Crippen LogP contribution in [0.3, 0.4) is 0 Å². The zero-order chi connectivity index (χ0) is 21.9. The van der Waals surface area contributed by atoms with E-state index in [4.69, 9.17) is 14.6 Å². The first-order valence-corrected chi connectivity index (χ1v) is 11.3. The van der Waals surface area contributed by atoms with Crippen LogP contribution in [0.1, 0.15) is 31.2 Å². The molecule has 0 spiro atoms. The summed E-state index contributed by atoms with van der Waals surface area (Å²) in [7, 11) is 0. The van der Waals surface area contributed by atoms with Crippen LogP contribution in [0.4, 0.5) is 5.69 Å². The molecule has 1 saturated heterocycles. The van der Waals surface area contributed by atoms with Crippen LogP contribution in [0.25, 0.3) is 11.1 Å². The molecule has 2 heterocycles. The van der Waals surface area contributed by atoms with Crippen LogP contribution < -0.4 is 19.7 Å². The average molecular weight is 430 g/mol. The van der Waals surface area contributed by atoms with Crippen molar-refractivity contribution in [3.63, 3.8) is 0 Å². The number of anilines is 1. The summed E-state index contributed by atoms with van der Waals surface area (Å²) in [6.07, 6.45) is 6.17. The van der Waals surface area contributed by atoms with E-state index < -0.39 is 0 Å². The summed E-state index contributed by atoms with van der Waals surface area (Å²) >= 11 is 0.